The van der Waals surface area contributed by atoms with Gasteiger partial charge < -0.3 is 4.74 Å². The maximum atomic E-state index is 13.8. The van der Waals surface area contributed by atoms with Crippen molar-refractivity contribution >= 4 is 33.5 Å². The van der Waals surface area contributed by atoms with Crippen LogP contribution < -0.4 is 4.90 Å². The minimum atomic E-state index is -4.33. The molecule has 2 amide bonds. The van der Waals surface area contributed by atoms with Gasteiger partial charge in [0.15, 0.2) is 0 Å². The van der Waals surface area contributed by atoms with Crippen LogP contribution in [0, 0.1) is 5.82 Å². The first-order valence-corrected chi connectivity index (χ1v) is 13.1. The van der Waals surface area contributed by atoms with Gasteiger partial charge in [-0.25, -0.2) is 22.5 Å². The Morgan fingerprint density at radius 2 is 1.65 bits per heavy atom. The monoisotopic (exact) mass is 524 g/mol. The molecule has 1 aliphatic rings. The lowest BCUT2D eigenvalue weighted by Gasteiger charge is -2.32. The Balaban J connectivity index is 1.73. The number of hydrogen-bond donors (Lipinski definition) is 0. The predicted molar refractivity (Wildman–Crippen MR) is 134 cm³/mol. The second-order valence-corrected chi connectivity index (χ2v) is 10.3. The van der Waals surface area contributed by atoms with Gasteiger partial charge in [0.2, 0.25) is 15.9 Å². The fourth-order valence-electron chi connectivity index (χ4n) is 4.30. The third kappa shape index (κ3) is 5.16. The van der Waals surface area contributed by atoms with Gasteiger partial charge in [0.05, 0.1) is 29.2 Å². The van der Waals surface area contributed by atoms with Crippen LogP contribution in [0.4, 0.5) is 10.1 Å². The van der Waals surface area contributed by atoms with Crippen molar-refractivity contribution in [3.05, 3.63) is 95.8 Å². The van der Waals surface area contributed by atoms with Crippen LogP contribution in [-0.2, 0) is 24.3 Å². The molecule has 2 atom stereocenters. The Kier molecular flexibility index (Phi) is 7.51. The summed E-state index contributed by atoms with van der Waals surface area (Å²) in [4.78, 5) is 39.3. The smallest absolute Gasteiger partial charge is 0.338 e. The summed E-state index contributed by atoms with van der Waals surface area (Å²) in [6.07, 6.45) is -0.379. The summed E-state index contributed by atoms with van der Waals surface area (Å²) in [5, 5.41) is 0. The van der Waals surface area contributed by atoms with Crippen LogP contribution in [0.25, 0.3) is 0 Å². The van der Waals surface area contributed by atoms with E-state index >= 15 is 0 Å². The standard InChI is InChI=1S/C27H25FN2O6S/c1-3-36-27(33)20-9-13-22(14-10-20)29-25(31)17-24(26(29)32)30(18(2)19-7-5-4-6-8-19)37(34,35)23-15-11-21(28)12-16-23/h4-16,18,24H,3,17H2,1-2H3. The molecule has 37 heavy (non-hydrogen) atoms. The maximum absolute atomic E-state index is 13.8. The van der Waals surface area contributed by atoms with E-state index in [-0.39, 0.29) is 29.2 Å². The first kappa shape index (κ1) is 26.2. The van der Waals surface area contributed by atoms with E-state index in [1.54, 1.807) is 44.2 Å². The fraction of sp³-hybridized carbons (Fsp3) is 0.222. The number of esters is 1. The highest BCUT2D eigenvalue weighted by Crippen LogP contribution is 2.35. The van der Waals surface area contributed by atoms with Crippen molar-refractivity contribution in [2.75, 3.05) is 11.5 Å². The zero-order chi connectivity index (χ0) is 26.7. The number of sulfonamides is 1. The lowest BCUT2D eigenvalue weighted by atomic mass is 10.1. The first-order valence-electron chi connectivity index (χ1n) is 11.6. The Hall–Kier alpha value is -3.89. The van der Waals surface area contributed by atoms with Gasteiger partial charge in [0.25, 0.3) is 5.91 Å². The van der Waals surface area contributed by atoms with Crippen LogP contribution in [0.3, 0.4) is 0 Å². The molecule has 0 aliphatic carbocycles. The minimum absolute atomic E-state index is 0.198. The van der Waals surface area contributed by atoms with E-state index in [4.69, 9.17) is 4.74 Å². The molecule has 0 spiro atoms. The molecule has 1 aliphatic heterocycles. The predicted octanol–water partition coefficient (Wildman–Crippen LogP) is 4.09. The van der Waals surface area contributed by atoms with Gasteiger partial charge in [0, 0.05) is 6.04 Å². The Bertz CT molecular complexity index is 1410. The number of halogens is 1. The van der Waals surface area contributed by atoms with E-state index in [1.165, 1.54) is 24.3 Å². The van der Waals surface area contributed by atoms with Crippen LogP contribution in [0.15, 0.2) is 83.8 Å². The molecule has 10 heteroatoms. The molecule has 1 saturated heterocycles. The molecule has 1 heterocycles. The van der Waals surface area contributed by atoms with E-state index in [1.807, 2.05) is 0 Å². The topological polar surface area (TPSA) is 101 Å². The van der Waals surface area contributed by atoms with Crippen LogP contribution in [0.2, 0.25) is 0 Å². The number of hydrogen-bond acceptors (Lipinski definition) is 6. The van der Waals surface area contributed by atoms with Crippen molar-refractivity contribution in [3.8, 4) is 0 Å². The van der Waals surface area contributed by atoms with E-state index in [0.717, 1.165) is 33.5 Å². The minimum Gasteiger partial charge on any atom is -0.462 e. The summed E-state index contributed by atoms with van der Waals surface area (Å²) in [6, 6.07) is 16.6. The van der Waals surface area contributed by atoms with Gasteiger partial charge >= 0.3 is 5.97 Å². The van der Waals surface area contributed by atoms with Crippen LogP contribution in [-0.4, -0.2) is 43.2 Å². The van der Waals surface area contributed by atoms with Crippen LogP contribution >= 0.6 is 0 Å². The van der Waals surface area contributed by atoms with Crippen molar-refractivity contribution in [3.63, 3.8) is 0 Å². The molecule has 3 aromatic rings. The molecule has 3 aromatic carbocycles. The molecule has 0 N–H and O–H groups in total. The van der Waals surface area contributed by atoms with Crippen molar-refractivity contribution in [2.24, 2.45) is 0 Å². The average molecular weight is 525 g/mol. The number of amides is 2. The van der Waals surface area contributed by atoms with Gasteiger partial charge in [-0.15, -0.1) is 0 Å². The van der Waals surface area contributed by atoms with Crippen molar-refractivity contribution in [2.45, 2.75) is 37.2 Å². The highest BCUT2D eigenvalue weighted by Gasteiger charge is 2.49. The summed E-state index contributed by atoms with van der Waals surface area (Å²) >= 11 is 0. The van der Waals surface area contributed by atoms with Crippen LogP contribution in [0.5, 0.6) is 0 Å². The number of anilines is 1. The van der Waals surface area contributed by atoms with Gasteiger partial charge in [-0.2, -0.15) is 4.31 Å². The molecule has 0 radical (unpaired) electrons. The molecule has 4 rings (SSSR count). The molecule has 192 valence electrons. The van der Waals surface area contributed by atoms with E-state index in [0.29, 0.717) is 5.56 Å². The van der Waals surface area contributed by atoms with E-state index in [9.17, 15) is 27.2 Å². The number of rotatable bonds is 8. The highest BCUT2D eigenvalue weighted by atomic mass is 32.2. The summed E-state index contributed by atoms with van der Waals surface area (Å²) in [5.41, 5.74) is 1.07. The highest BCUT2D eigenvalue weighted by molar-refractivity contribution is 7.89. The molecular formula is C27H25FN2O6S. The number of nitrogens with zero attached hydrogens (tertiary/aromatic N) is 2. The zero-order valence-corrected chi connectivity index (χ0v) is 21.0. The maximum Gasteiger partial charge on any atom is 0.338 e. The third-order valence-electron chi connectivity index (χ3n) is 6.12. The number of carbonyl (C=O) groups is 3. The number of imide groups is 1. The Labute approximate surface area is 214 Å². The van der Waals surface area contributed by atoms with Crippen molar-refractivity contribution < 1.29 is 31.9 Å². The third-order valence-corrected chi connectivity index (χ3v) is 8.11. The van der Waals surface area contributed by atoms with E-state index in [2.05, 4.69) is 0 Å². The quantitative estimate of drug-likeness (QED) is 0.325. The van der Waals surface area contributed by atoms with Crippen molar-refractivity contribution in [1.29, 1.82) is 0 Å². The Morgan fingerprint density at radius 3 is 2.24 bits per heavy atom. The summed E-state index contributed by atoms with van der Waals surface area (Å²) in [7, 11) is -4.33. The molecule has 0 aromatic heterocycles. The molecule has 0 saturated carbocycles. The second-order valence-electron chi connectivity index (χ2n) is 8.43. The zero-order valence-electron chi connectivity index (χ0n) is 20.2. The summed E-state index contributed by atoms with van der Waals surface area (Å²) < 4.78 is 47.1. The molecule has 2 unspecified atom stereocenters. The van der Waals surface area contributed by atoms with Gasteiger partial charge in [-0.05, 0) is 67.9 Å². The second kappa shape index (κ2) is 10.6. The lowest BCUT2D eigenvalue weighted by Crippen LogP contribution is -2.46. The lowest BCUT2D eigenvalue weighted by molar-refractivity contribution is -0.122. The largest absolute Gasteiger partial charge is 0.462 e. The van der Waals surface area contributed by atoms with Crippen molar-refractivity contribution in [1.82, 2.24) is 4.31 Å². The number of ether oxygens (including phenoxy) is 1. The average Bonchev–Trinajstić information content (AvgIpc) is 3.18. The van der Waals surface area contributed by atoms with E-state index < -0.39 is 45.7 Å². The SMILES string of the molecule is CCOC(=O)c1ccc(N2C(=O)CC(N(C(C)c3ccccc3)S(=O)(=O)c3ccc(F)cc3)C2=O)cc1. The van der Waals surface area contributed by atoms with Crippen LogP contribution in [0.1, 0.15) is 42.2 Å². The molecule has 1 fully saturated rings. The van der Waals surface area contributed by atoms with Gasteiger partial charge in [-0.1, -0.05) is 30.3 Å². The normalized spacial score (nSPS) is 16.8. The molecule has 0 bridgehead atoms. The van der Waals surface area contributed by atoms with Gasteiger partial charge in [0.1, 0.15) is 11.9 Å². The molecule has 8 nitrogen and oxygen atoms in total. The summed E-state index contributed by atoms with van der Waals surface area (Å²) in [5.74, 6) is -2.45. The molecular weight excluding hydrogens is 499 g/mol. The fourth-order valence-corrected chi connectivity index (χ4v) is 6.06. The number of carbonyl (C=O) groups excluding carboxylic acids is 3. The Morgan fingerprint density at radius 1 is 1.03 bits per heavy atom. The summed E-state index contributed by atoms with van der Waals surface area (Å²) in [6.45, 7) is 3.50. The number of benzene rings is 3. The first-order chi connectivity index (χ1) is 17.6. The van der Waals surface area contributed by atoms with Gasteiger partial charge in [-0.3, -0.25) is 9.59 Å².